The lowest BCUT2D eigenvalue weighted by Crippen LogP contribution is -2.36. The molecule has 1 N–H and O–H groups in total. The standard InChI is InChI=1S/C13H15N3O3/c1-3-14-12(17)9(2)19-11-6-4-10(5-7-11)13-16-15-8-18-13/h4-9H,3H2,1-2H3,(H,14,17)/t9-/m0/s1. The van der Waals surface area contributed by atoms with Gasteiger partial charge in [-0.1, -0.05) is 0 Å². The van der Waals surface area contributed by atoms with Gasteiger partial charge in [0.05, 0.1) is 0 Å². The number of carbonyl (C=O) groups is 1. The van der Waals surface area contributed by atoms with E-state index >= 15 is 0 Å². The molecule has 0 bridgehead atoms. The second-order valence-electron chi connectivity index (χ2n) is 3.92. The molecule has 0 aliphatic heterocycles. The molecule has 6 heteroatoms. The third-order valence-corrected chi connectivity index (χ3v) is 2.49. The van der Waals surface area contributed by atoms with Crippen molar-refractivity contribution in [2.45, 2.75) is 20.0 Å². The Morgan fingerprint density at radius 2 is 2.16 bits per heavy atom. The van der Waals surface area contributed by atoms with Crippen LogP contribution in [0.15, 0.2) is 35.1 Å². The number of hydrogen-bond acceptors (Lipinski definition) is 5. The van der Waals surface area contributed by atoms with Crippen LogP contribution >= 0.6 is 0 Å². The largest absolute Gasteiger partial charge is 0.481 e. The highest BCUT2D eigenvalue weighted by Crippen LogP contribution is 2.20. The quantitative estimate of drug-likeness (QED) is 0.885. The number of rotatable bonds is 5. The molecular formula is C13H15N3O3. The van der Waals surface area contributed by atoms with E-state index in [9.17, 15) is 4.79 Å². The number of likely N-dealkylation sites (N-methyl/N-ethyl adjacent to an activating group) is 1. The molecule has 0 unspecified atom stereocenters. The summed E-state index contributed by atoms with van der Waals surface area (Å²) in [6, 6.07) is 7.12. The number of nitrogens with one attached hydrogen (secondary N) is 1. The van der Waals surface area contributed by atoms with Crippen LogP contribution in [0.25, 0.3) is 11.5 Å². The Labute approximate surface area is 110 Å². The minimum Gasteiger partial charge on any atom is -0.481 e. The average molecular weight is 261 g/mol. The van der Waals surface area contributed by atoms with Gasteiger partial charge < -0.3 is 14.5 Å². The smallest absolute Gasteiger partial charge is 0.260 e. The first-order valence-corrected chi connectivity index (χ1v) is 6.01. The van der Waals surface area contributed by atoms with E-state index in [4.69, 9.17) is 9.15 Å². The SMILES string of the molecule is CCNC(=O)[C@H](C)Oc1ccc(-c2nnco2)cc1. The molecule has 0 radical (unpaired) electrons. The summed E-state index contributed by atoms with van der Waals surface area (Å²) in [4.78, 5) is 11.5. The number of aromatic nitrogens is 2. The maximum Gasteiger partial charge on any atom is 0.260 e. The number of hydrogen-bond donors (Lipinski definition) is 1. The van der Waals surface area contributed by atoms with Crippen LogP contribution in [-0.2, 0) is 4.79 Å². The predicted octanol–water partition coefficient (Wildman–Crippen LogP) is 1.64. The molecule has 0 fully saturated rings. The van der Waals surface area contributed by atoms with Gasteiger partial charge in [0.2, 0.25) is 12.3 Å². The van der Waals surface area contributed by atoms with Gasteiger partial charge in [0.15, 0.2) is 6.10 Å². The average Bonchev–Trinajstić information content (AvgIpc) is 2.94. The Kier molecular flexibility index (Phi) is 4.12. The molecule has 0 saturated carbocycles. The van der Waals surface area contributed by atoms with Crippen molar-refractivity contribution in [1.29, 1.82) is 0 Å². The molecule has 6 nitrogen and oxygen atoms in total. The van der Waals surface area contributed by atoms with E-state index in [-0.39, 0.29) is 5.91 Å². The Balaban J connectivity index is 2.01. The van der Waals surface area contributed by atoms with Gasteiger partial charge >= 0.3 is 0 Å². The topological polar surface area (TPSA) is 77.2 Å². The molecule has 0 aliphatic carbocycles. The highest BCUT2D eigenvalue weighted by atomic mass is 16.5. The molecule has 1 aromatic carbocycles. The Hall–Kier alpha value is -2.37. The van der Waals surface area contributed by atoms with Gasteiger partial charge in [-0.2, -0.15) is 0 Å². The van der Waals surface area contributed by atoms with Crippen molar-refractivity contribution in [2.75, 3.05) is 6.54 Å². The lowest BCUT2D eigenvalue weighted by atomic mass is 10.2. The lowest BCUT2D eigenvalue weighted by Gasteiger charge is -2.13. The normalized spacial score (nSPS) is 11.9. The molecule has 0 saturated heterocycles. The Bertz CT molecular complexity index is 523. The molecule has 1 aromatic heterocycles. The van der Waals surface area contributed by atoms with Crippen molar-refractivity contribution in [3.05, 3.63) is 30.7 Å². The lowest BCUT2D eigenvalue weighted by molar-refractivity contribution is -0.127. The van der Waals surface area contributed by atoms with Crippen molar-refractivity contribution in [3.63, 3.8) is 0 Å². The zero-order valence-electron chi connectivity index (χ0n) is 10.8. The second-order valence-corrected chi connectivity index (χ2v) is 3.92. The minimum absolute atomic E-state index is 0.136. The van der Waals surface area contributed by atoms with Crippen molar-refractivity contribution < 1.29 is 13.9 Å². The fourth-order valence-electron chi connectivity index (χ4n) is 1.55. The first kappa shape index (κ1) is 13.1. The van der Waals surface area contributed by atoms with Crippen LogP contribution in [0.4, 0.5) is 0 Å². The minimum atomic E-state index is -0.533. The summed E-state index contributed by atoms with van der Waals surface area (Å²) in [6.07, 6.45) is 0.742. The second kappa shape index (κ2) is 5.99. The summed E-state index contributed by atoms with van der Waals surface area (Å²) in [6.45, 7) is 4.16. The maximum atomic E-state index is 11.5. The van der Waals surface area contributed by atoms with Gasteiger partial charge in [-0.3, -0.25) is 4.79 Å². The van der Waals surface area contributed by atoms with E-state index in [1.807, 2.05) is 6.92 Å². The summed E-state index contributed by atoms with van der Waals surface area (Å²) in [5.74, 6) is 0.925. The Morgan fingerprint density at radius 3 is 2.74 bits per heavy atom. The number of benzene rings is 1. The van der Waals surface area contributed by atoms with Crippen LogP contribution in [-0.4, -0.2) is 28.8 Å². The molecule has 2 aromatic rings. The third-order valence-electron chi connectivity index (χ3n) is 2.49. The van der Waals surface area contributed by atoms with Crippen LogP contribution in [0.3, 0.4) is 0 Å². The van der Waals surface area contributed by atoms with Crippen molar-refractivity contribution in [2.24, 2.45) is 0 Å². The van der Waals surface area contributed by atoms with E-state index in [0.717, 1.165) is 5.56 Å². The summed E-state index contributed by atoms with van der Waals surface area (Å²) in [5.41, 5.74) is 0.801. The van der Waals surface area contributed by atoms with Gasteiger partial charge in [-0.25, -0.2) is 0 Å². The molecule has 100 valence electrons. The number of carbonyl (C=O) groups excluding carboxylic acids is 1. The first-order chi connectivity index (χ1) is 9.20. The van der Waals surface area contributed by atoms with Gasteiger partial charge in [-0.05, 0) is 38.1 Å². The van der Waals surface area contributed by atoms with E-state index in [0.29, 0.717) is 18.2 Å². The molecule has 0 aliphatic rings. The predicted molar refractivity (Wildman–Crippen MR) is 68.5 cm³/mol. The highest BCUT2D eigenvalue weighted by Gasteiger charge is 2.13. The molecule has 1 atom stereocenters. The number of amides is 1. The van der Waals surface area contributed by atoms with E-state index in [1.165, 1.54) is 6.39 Å². The molecule has 1 amide bonds. The van der Waals surface area contributed by atoms with Crippen molar-refractivity contribution in [1.82, 2.24) is 15.5 Å². The van der Waals surface area contributed by atoms with Crippen molar-refractivity contribution in [3.8, 4) is 17.2 Å². The zero-order valence-corrected chi connectivity index (χ0v) is 10.8. The van der Waals surface area contributed by atoms with Gasteiger partial charge in [0.1, 0.15) is 5.75 Å². The molecule has 1 heterocycles. The highest BCUT2D eigenvalue weighted by molar-refractivity contribution is 5.80. The summed E-state index contributed by atoms with van der Waals surface area (Å²) in [7, 11) is 0. The van der Waals surface area contributed by atoms with E-state index in [1.54, 1.807) is 31.2 Å². The number of nitrogens with zero attached hydrogens (tertiary/aromatic N) is 2. The van der Waals surface area contributed by atoms with Gasteiger partial charge in [0, 0.05) is 12.1 Å². The molecule has 0 spiro atoms. The summed E-state index contributed by atoms with van der Waals surface area (Å²) < 4.78 is 10.6. The van der Waals surface area contributed by atoms with Gasteiger partial charge in [0.25, 0.3) is 5.91 Å². The first-order valence-electron chi connectivity index (χ1n) is 6.01. The van der Waals surface area contributed by atoms with Crippen LogP contribution in [0.1, 0.15) is 13.8 Å². The third kappa shape index (κ3) is 3.31. The van der Waals surface area contributed by atoms with E-state index < -0.39 is 6.10 Å². The summed E-state index contributed by atoms with van der Waals surface area (Å²) in [5, 5.41) is 10.1. The van der Waals surface area contributed by atoms with Crippen LogP contribution in [0, 0.1) is 0 Å². The van der Waals surface area contributed by atoms with Crippen LogP contribution in [0.5, 0.6) is 5.75 Å². The Morgan fingerprint density at radius 1 is 1.42 bits per heavy atom. The maximum absolute atomic E-state index is 11.5. The molecule has 2 rings (SSSR count). The zero-order chi connectivity index (χ0) is 13.7. The molecule has 19 heavy (non-hydrogen) atoms. The van der Waals surface area contributed by atoms with Gasteiger partial charge in [-0.15, -0.1) is 10.2 Å². The van der Waals surface area contributed by atoms with Crippen LogP contribution < -0.4 is 10.1 Å². The number of ether oxygens (including phenoxy) is 1. The van der Waals surface area contributed by atoms with Crippen molar-refractivity contribution >= 4 is 5.91 Å². The fraction of sp³-hybridized carbons (Fsp3) is 0.308. The fourth-order valence-corrected chi connectivity index (χ4v) is 1.55. The van der Waals surface area contributed by atoms with E-state index in [2.05, 4.69) is 15.5 Å². The molecular weight excluding hydrogens is 246 g/mol. The summed E-state index contributed by atoms with van der Waals surface area (Å²) >= 11 is 0. The monoisotopic (exact) mass is 261 g/mol. The van der Waals surface area contributed by atoms with Crippen LogP contribution in [0.2, 0.25) is 0 Å².